The van der Waals surface area contributed by atoms with Crippen LogP contribution in [0.25, 0.3) is 0 Å². The van der Waals surface area contributed by atoms with E-state index in [1.54, 1.807) is 6.92 Å². The molecule has 0 bridgehead atoms. The highest BCUT2D eigenvalue weighted by molar-refractivity contribution is 7.92. The lowest BCUT2D eigenvalue weighted by Gasteiger charge is -2.11. The highest BCUT2D eigenvalue weighted by Gasteiger charge is 2.23. The van der Waals surface area contributed by atoms with Crippen LogP contribution in [0.5, 0.6) is 10.8 Å². The molecule has 0 aliphatic rings. The SMILES string of the molecule is CNC(=O)Nc1cc(OC)cc(NC(=O)NS(=O)(=O)c2cc(C)c(OCCOC)s2)n1. The van der Waals surface area contributed by atoms with E-state index in [4.69, 9.17) is 14.2 Å². The first-order valence-electron chi connectivity index (χ1n) is 8.79. The maximum absolute atomic E-state index is 12.6. The molecule has 0 spiro atoms. The molecular weight excluding hydrogens is 450 g/mol. The summed E-state index contributed by atoms with van der Waals surface area (Å²) in [6.07, 6.45) is 0. The predicted molar refractivity (Wildman–Crippen MR) is 115 cm³/mol. The molecule has 0 atom stereocenters. The molecule has 0 saturated heterocycles. The largest absolute Gasteiger partial charge is 0.496 e. The van der Waals surface area contributed by atoms with Crippen molar-refractivity contribution in [2.45, 2.75) is 11.1 Å². The van der Waals surface area contributed by atoms with Crippen LogP contribution in [0, 0.1) is 6.92 Å². The molecular formula is C17H23N5O7S2. The number of methoxy groups -OCH3 is 2. The average Bonchev–Trinajstić information content (AvgIpc) is 3.09. The van der Waals surface area contributed by atoms with E-state index in [0.717, 1.165) is 11.3 Å². The summed E-state index contributed by atoms with van der Waals surface area (Å²) in [5.41, 5.74) is 0.612. The number of sulfonamides is 1. The van der Waals surface area contributed by atoms with Gasteiger partial charge in [-0.3, -0.25) is 10.6 Å². The number of rotatable bonds is 9. The number of hydrogen-bond donors (Lipinski definition) is 4. The lowest BCUT2D eigenvalue weighted by Crippen LogP contribution is -2.34. The van der Waals surface area contributed by atoms with Gasteiger partial charge in [0.25, 0.3) is 10.0 Å². The van der Waals surface area contributed by atoms with E-state index in [2.05, 4.69) is 20.9 Å². The topological polar surface area (TPSA) is 157 Å². The zero-order valence-electron chi connectivity index (χ0n) is 17.3. The Morgan fingerprint density at radius 3 is 2.29 bits per heavy atom. The number of aromatic nitrogens is 1. The number of ether oxygens (including phenoxy) is 3. The zero-order valence-corrected chi connectivity index (χ0v) is 18.9. The number of amides is 4. The summed E-state index contributed by atoms with van der Waals surface area (Å²) in [6.45, 7) is 2.31. The van der Waals surface area contributed by atoms with Gasteiger partial charge in [0.15, 0.2) is 5.06 Å². The standard InChI is InChI=1S/C17H23N5O7S2/c1-10-7-14(30-15(10)29-6-5-27-3)31(25,26)22-17(24)21-13-9-11(28-4)8-12(19-13)20-16(23)18-2/h7-9H,5-6H2,1-4H3,(H4,18,19,20,21,22,23,24). The van der Waals surface area contributed by atoms with Crippen LogP contribution in [-0.4, -0.2) is 59.9 Å². The van der Waals surface area contributed by atoms with E-state index >= 15 is 0 Å². The van der Waals surface area contributed by atoms with Gasteiger partial charge in [0, 0.05) is 31.9 Å². The number of pyridine rings is 1. The van der Waals surface area contributed by atoms with Gasteiger partial charge in [-0.1, -0.05) is 11.3 Å². The van der Waals surface area contributed by atoms with E-state index in [1.165, 1.54) is 39.5 Å². The Morgan fingerprint density at radius 2 is 1.71 bits per heavy atom. The average molecular weight is 474 g/mol. The summed E-state index contributed by atoms with van der Waals surface area (Å²) in [5, 5.41) is 7.51. The van der Waals surface area contributed by atoms with Gasteiger partial charge in [0.05, 0.1) is 13.7 Å². The van der Waals surface area contributed by atoms with E-state index in [1.807, 2.05) is 4.72 Å². The van der Waals surface area contributed by atoms with Crippen molar-refractivity contribution >= 4 is 45.1 Å². The predicted octanol–water partition coefficient (Wildman–Crippen LogP) is 1.75. The van der Waals surface area contributed by atoms with Crippen molar-refractivity contribution in [1.29, 1.82) is 0 Å². The molecule has 4 N–H and O–H groups in total. The highest BCUT2D eigenvalue weighted by Crippen LogP contribution is 2.32. The Hall–Kier alpha value is -3.10. The van der Waals surface area contributed by atoms with Gasteiger partial charge in [0.2, 0.25) is 0 Å². The number of urea groups is 2. The van der Waals surface area contributed by atoms with Crippen molar-refractivity contribution in [2.24, 2.45) is 0 Å². The minimum absolute atomic E-state index is 0.0376. The Morgan fingerprint density at radius 1 is 1.06 bits per heavy atom. The van der Waals surface area contributed by atoms with Crippen molar-refractivity contribution in [3.8, 4) is 10.8 Å². The van der Waals surface area contributed by atoms with Crippen LogP contribution in [0.1, 0.15) is 5.56 Å². The first-order chi connectivity index (χ1) is 14.7. The molecule has 0 aromatic carbocycles. The molecule has 14 heteroatoms. The molecule has 4 amide bonds. The molecule has 170 valence electrons. The summed E-state index contributed by atoms with van der Waals surface area (Å²) >= 11 is 0.885. The van der Waals surface area contributed by atoms with Crippen molar-refractivity contribution in [3.05, 3.63) is 23.8 Å². The minimum atomic E-state index is -4.15. The number of hydrogen-bond acceptors (Lipinski definition) is 9. The second kappa shape index (κ2) is 10.8. The Balaban J connectivity index is 2.12. The normalized spacial score (nSPS) is 10.8. The van der Waals surface area contributed by atoms with Gasteiger partial charge >= 0.3 is 12.1 Å². The molecule has 2 aromatic heterocycles. The van der Waals surface area contributed by atoms with E-state index < -0.39 is 22.1 Å². The summed E-state index contributed by atoms with van der Waals surface area (Å²) in [4.78, 5) is 27.8. The summed E-state index contributed by atoms with van der Waals surface area (Å²) in [6, 6.07) is 2.61. The Labute approximate surface area is 183 Å². The number of nitrogens with one attached hydrogen (secondary N) is 4. The number of carbonyl (C=O) groups excluding carboxylic acids is 2. The Kier molecular flexibility index (Phi) is 8.41. The molecule has 31 heavy (non-hydrogen) atoms. The van der Waals surface area contributed by atoms with Crippen molar-refractivity contribution in [3.63, 3.8) is 0 Å². The zero-order chi connectivity index (χ0) is 23.0. The molecule has 0 radical (unpaired) electrons. The third kappa shape index (κ3) is 6.97. The van der Waals surface area contributed by atoms with Gasteiger partial charge in [-0.05, 0) is 13.0 Å². The quantitative estimate of drug-likeness (QED) is 0.401. The number of thiophene rings is 1. The molecule has 0 unspecified atom stereocenters. The molecule has 0 fully saturated rings. The smallest absolute Gasteiger partial charge is 0.334 e. The van der Waals surface area contributed by atoms with Gasteiger partial charge < -0.3 is 19.5 Å². The molecule has 2 rings (SSSR count). The van der Waals surface area contributed by atoms with Crippen LogP contribution < -0.4 is 30.1 Å². The number of nitrogens with zero attached hydrogens (tertiary/aromatic N) is 1. The van der Waals surface area contributed by atoms with Crippen molar-refractivity contribution in [1.82, 2.24) is 15.0 Å². The van der Waals surface area contributed by atoms with Gasteiger partial charge in [-0.15, -0.1) is 0 Å². The van der Waals surface area contributed by atoms with Crippen LogP contribution in [0.4, 0.5) is 21.2 Å². The van der Waals surface area contributed by atoms with Crippen LogP contribution in [-0.2, 0) is 14.8 Å². The fraction of sp³-hybridized carbons (Fsp3) is 0.353. The molecule has 2 aromatic rings. The third-order valence-electron chi connectivity index (χ3n) is 3.61. The van der Waals surface area contributed by atoms with E-state index in [0.29, 0.717) is 17.2 Å². The second-order valence-corrected chi connectivity index (χ2v) is 8.84. The first-order valence-corrected chi connectivity index (χ1v) is 11.1. The van der Waals surface area contributed by atoms with Crippen LogP contribution in [0.2, 0.25) is 0 Å². The fourth-order valence-electron chi connectivity index (χ4n) is 2.17. The van der Waals surface area contributed by atoms with Gasteiger partial charge in [-0.2, -0.15) is 0 Å². The fourth-order valence-corrected chi connectivity index (χ4v) is 4.47. The lowest BCUT2D eigenvalue weighted by atomic mass is 10.4. The molecule has 0 aliphatic heterocycles. The summed E-state index contributed by atoms with van der Waals surface area (Å²) in [7, 11) is 0.183. The summed E-state index contributed by atoms with van der Waals surface area (Å²) < 4.78 is 42.4. The first kappa shape index (κ1) is 24.2. The number of anilines is 2. The Bertz CT molecular complexity index is 1040. The monoisotopic (exact) mass is 473 g/mol. The maximum Gasteiger partial charge on any atom is 0.334 e. The van der Waals surface area contributed by atoms with Crippen LogP contribution >= 0.6 is 11.3 Å². The maximum atomic E-state index is 12.6. The second-order valence-electron chi connectivity index (χ2n) is 5.92. The highest BCUT2D eigenvalue weighted by atomic mass is 32.2. The molecule has 2 heterocycles. The third-order valence-corrected chi connectivity index (χ3v) is 6.56. The lowest BCUT2D eigenvalue weighted by molar-refractivity contribution is 0.148. The number of carbonyl (C=O) groups is 2. The molecule has 12 nitrogen and oxygen atoms in total. The summed E-state index contributed by atoms with van der Waals surface area (Å²) in [5.74, 6) is 0.333. The van der Waals surface area contributed by atoms with Crippen molar-refractivity contribution < 1.29 is 32.2 Å². The van der Waals surface area contributed by atoms with E-state index in [9.17, 15) is 18.0 Å². The van der Waals surface area contributed by atoms with Gasteiger partial charge in [0.1, 0.15) is 28.2 Å². The minimum Gasteiger partial charge on any atom is -0.496 e. The molecule has 0 aliphatic carbocycles. The van der Waals surface area contributed by atoms with Gasteiger partial charge in [-0.25, -0.2) is 27.7 Å². The van der Waals surface area contributed by atoms with Crippen LogP contribution in [0.3, 0.4) is 0 Å². The van der Waals surface area contributed by atoms with Crippen molar-refractivity contribution in [2.75, 3.05) is 45.1 Å². The molecule has 0 saturated carbocycles. The van der Waals surface area contributed by atoms with E-state index in [-0.39, 0.29) is 28.2 Å². The number of aryl methyl sites for hydroxylation is 1. The van der Waals surface area contributed by atoms with Crippen LogP contribution in [0.15, 0.2) is 22.4 Å².